The second kappa shape index (κ2) is 9.44. The molecule has 18 heavy (non-hydrogen) atoms. The van der Waals surface area contributed by atoms with E-state index in [0.29, 0.717) is 19.7 Å². The van der Waals surface area contributed by atoms with E-state index in [1.165, 1.54) is 4.90 Å². The lowest BCUT2D eigenvalue weighted by Crippen LogP contribution is -2.40. The molecule has 104 valence electrons. The minimum Gasteiger partial charge on any atom is -0.466 e. The number of rotatable bonds is 8. The van der Waals surface area contributed by atoms with Crippen molar-refractivity contribution in [1.82, 2.24) is 10.2 Å². The number of hydrogen-bond acceptors (Lipinski definition) is 4. The molecule has 0 spiro atoms. The number of esters is 1. The smallest absolute Gasteiger partial charge is 0.306 e. The first-order valence-electron chi connectivity index (χ1n) is 6.25. The van der Waals surface area contributed by atoms with Gasteiger partial charge in [-0.15, -0.1) is 0 Å². The van der Waals surface area contributed by atoms with Crippen molar-refractivity contribution < 1.29 is 19.1 Å². The van der Waals surface area contributed by atoms with Gasteiger partial charge in [0.2, 0.25) is 11.8 Å². The van der Waals surface area contributed by atoms with Gasteiger partial charge in [-0.25, -0.2) is 0 Å². The predicted octanol–water partition coefficient (Wildman–Crippen LogP) is 0.314. The maximum atomic E-state index is 11.8. The number of amides is 2. The summed E-state index contributed by atoms with van der Waals surface area (Å²) in [6.07, 6.45) is 0.130. The van der Waals surface area contributed by atoms with Crippen LogP contribution in [0.25, 0.3) is 0 Å². The monoisotopic (exact) mass is 258 g/mol. The Balaban J connectivity index is 4.10. The highest BCUT2D eigenvalue weighted by Crippen LogP contribution is 1.99. The summed E-state index contributed by atoms with van der Waals surface area (Å²) < 4.78 is 4.74. The van der Waals surface area contributed by atoms with Crippen LogP contribution in [-0.2, 0) is 19.1 Å². The molecule has 0 aliphatic rings. The van der Waals surface area contributed by atoms with Gasteiger partial charge in [-0.3, -0.25) is 14.4 Å². The Kier molecular flexibility index (Phi) is 8.61. The second-order valence-electron chi connectivity index (χ2n) is 3.67. The topological polar surface area (TPSA) is 75.7 Å². The predicted molar refractivity (Wildman–Crippen MR) is 66.8 cm³/mol. The third-order valence-corrected chi connectivity index (χ3v) is 2.29. The lowest BCUT2D eigenvalue weighted by Gasteiger charge is -2.19. The maximum Gasteiger partial charge on any atom is 0.306 e. The van der Waals surface area contributed by atoms with E-state index in [1.807, 2.05) is 6.92 Å². The molecule has 0 aromatic rings. The summed E-state index contributed by atoms with van der Waals surface area (Å²) >= 11 is 0. The van der Waals surface area contributed by atoms with Gasteiger partial charge in [0.15, 0.2) is 0 Å². The van der Waals surface area contributed by atoms with E-state index in [-0.39, 0.29) is 37.2 Å². The summed E-state index contributed by atoms with van der Waals surface area (Å²) in [6.45, 7) is 6.65. The molecular formula is C12H22N2O4. The van der Waals surface area contributed by atoms with Crippen molar-refractivity contribution in [2.45, 2.75) is 33.6 Å². The van der Waals surface area contributed by atoms with E-state index in [9.17, 15) is 14.4 Å². The summed E-state index contributed by atoms with van der Waals surface area (Å²) in [6, 6.07) is 0. The number of nitrogens with zero attached hydrogens (tertiary/aromatic N) is 1. The molecular weight excluding hydrogens is 236 g/mol. The molecule has 0 atom stereocenters. The summed E-state index contributed by atoms with van der Waals surface area (Å²) in [5, 5.41) is 2.63. The molecule has 0 aromatic carbocycles. The van der Waals surface area contributed by atoms with Gasteiger partial charge in [0, 0.05) is 19.5 Å². The van der Waals surface area contributed by atoms with Crippen molar-refractivity contribution in [3.05, 3.63) is 0 Å². The van der Waals surface area contributed by atoms with Crippen LogP contribution in [0.1, 0.15) is 33.6 Å². The molecule has 0 radical (unpaired) electrons. The molecule has 0 heterocycles. The van der Waals surface area contributed by atoms with Crippen molar-refractivity contribution in [3.8, 4) is 0 Å². The molecule has 0 saturated carbocycles. The van der Waals surface area contributed by atoms with E-state index in [2.05, 4.69) is 5.32 Å². The van der Waals surface area contributed by atoms with Crippen LogP contribution in [0.2, 0.25) is 0 Å². The average molecular weight is 258 g/mol. The largest absolute Gasteiger partial charge is 0.466 e. The lowest BCUT2D eigenvalue weighted by molar-refractivity contribution is -0.146. The average Bonchev–Trinajstić information content (AvgIpc) is 2.33. The zero-order chi connectivity index (χ0) is 14.0. The van der Waals surface area contributed by atoms with E-state index >= 15 is 0 Å². The van der Waals surface area contributed by atoms with E-state index in [4.69, 9.17) is 4.74 Å². The molecule has 0 rings (SSSR count). The summed E-state index contributed by atoms with van der Waals surface area (Å²) in [5.41, 5.74) is 0. The van der Waals surface area contributed by atoms with Crippen LogP contribution in [0.4, 0.5) is 0 Å². The number of carbonyl (C=O) groups excluding carboxylic acids is 3. The van der Waals surface area contributed by atoms with Gasteiger partial charge in [0.1, 0.15) is 0 Å². The Labute approximate surface area is 108 Å². The highest BCUT2D eigenvalue weighted by Gasteiger charge is 2.16. The quantitative estimate of drug-likeness (QED) is 0.636. The van der Waals surface area contributed by atoms with Crippen LogP contribution >= 0.6 is 0 Å². The Bertz CT molecular complexity index is 292. The van der Waals surface area contributed by atoms with Crippen LogP contribution < -0.4 is 5.32 Å². The van der Waals surface area contributed by atoms with Gasteiger partial charge in [-0.2, -0.15) is 0 Å². The van der Waals surface area contributed by atoms with Crippen molar-refractivity contribution in [1.29, 1.82) is 0 Å². The minimum atomic E-state index is -0.389. The van der Waals surface area contributed by atoms with Crippen molar-refractivity contribution in [2.75, 3.05) is 26.2 Å². The summed E-state index contributed by atoms with van der Waals surface area (Å²) in [7, 11) is 0. The third kappa shape index (κ3) is 6.88. The minimum absolute atomic E-state index is 0.0337. The molecule has 0 aromatic heterocycles. The Morgan fingerprint density at radius 1 is 1.11 bits per heavy atom. The van der Waals surface area contributed by atoms with Crippen molar-refractivity contribution >= 4 is 17.8 Å². The van der Waals surface area contributed by atoms with Crippen LogP contribution in [0.15, 0.2) is 0 Å². The summed E-state index contributed by atoms with van der Waals surface area (Å²) in [4.78, 5) is 35.7. The zero-order valence-electron chi connectivity index (χ0n) is 11.3. The standard InChI is InChI=1S/C12H22N2O4/c1-4-13-10(15)9-14(5-2)11(16)7-8-12(17)18-6-3/h4-9H2,1-3H3,(H,13,15). The molecule has 0 fully saturated rings. The summed E-state index contributed by atoms with van der Waals surface area (Å²) in [5.74, 6) is -0.791. The van der Waals surface area contributed by atoms with E-state index < -0.39 is 0 Å². The number of likely N-dealkylation sites (N-methyl/N-ethyl adjacent to an activating group) is 2. The van der Waals surface area contributed by atoms with Gasteiger partial charge >= 0.3 is 5.97 Å². The second-order valence-corrected chi connectivity index (χ2v) is 3.67. The zero-order valence-corrected chi connectivity index (χ0v) is 11.3. The van der Waals surface area contributed by atoms with Gasteiger partial charge in [-0.05, 0) is 20.8 Å². The number of nitrogens with one attached hydrogen (secondary N) is 1. The lowest BCUT2D eigenvalue weighted by atomic mass is 10.2. The fourth-order valence-electron chi connectivity index (χ4n) is 1.40. The molecule has 6 nitrogen and oxygen atoms in total. The molecule has 0 bridgehead atoms. The normalized spacial score (nSPS) is 9.72. The number of ether oxygens (including phenoxy) is 1. The molecule has 6 heteroatoms. The molecule has 2 amide bonds. The first-order chi connectivity index (χ1) is 8.54. The number of carbonyl (C=O) groups is 3. The van der Waals surface area contributed by atoms with Gasteiger partial charge in [0.05, 0.1) is 19.6 Å². The van der Waals surface area contributed by atoms with Crippen LogP contribution in [0, 0.1) is 0 Å². The maximum absolute atomic E-state index is 11.8. The molecule has 1 N–H and O–H groups in total. The van der Waals surface area contributed by atoms with E-state index in [1.54, 1.807) is 13.8 Å². The van der Waals surface area contributed by atoms with Crippen molar-refractivity contribution in [2.24, 2.45) is 0 Å². The molecule has 0 aliphatic heterocycles. The fourth-order valence-corrected chi connectivity index (χ4v) is 1.40. The van der Waals surface area contributed by atoms with Gasteiger partial charge in [-0.1, -0.05) is 0 Å². The first kappa shape index (κ1) is 16.4. The first-order valence-corrected chi connectivity index (χ1v) is 6.25. The highest BCUT2D eigenvalue weighted by molar-refractivity contribution is 5.86. The van der Waals surface area contributed by atoms with Gasteiger partial charge in [0.25, 0.3) is 0 Å². The number of hydrogen-bond donors (Lipinski definition) is 1. The van der Waals surface area contributed by atoms with Crippen molar-refractivity contribution in [3.63, 3.8) is 0 Å². The fraction of sp³-hybridized carbons (Fsp3) is 0.750. The van der Waals surface area contributed by atoms with Crippen LogP contribution in [0.5, 0.6) is 0 Å². The Hall–Kier alpha value is -1.59. The SMILES string of the molecule is CCNC(=O)CN(CC)C(=O)CCC(=O)OCC. The Morgan fingerprint density at radius 2 is 1.78 bits per heavy atom. The van der Waals surface area contributed by atoms with Crippen LogP contribution in [-0.4, -0.2) is 48.9 Å². The molecule has 0 aliphatic carbocycles. The van der Waals surface area contributed by atoms with E-state index in [0.717, 1.165) is 0 Å². The Morgan fingerprint density at radius 3 is 2.28 bits per heavy atom. The third-order valence-electron chi connectivity index (χ3n) is 2.29. The molecule has 0 unspecified atom stereocenters. The molecule has 0 saturated heterocycles. The van der Waals surface area contributed by atoms with Gasteiger partial charge < -0.3 is 15.0 Å². The van der Waals surface area contributed by atoms with Crippen LogP contribution in [0.3, 0.4) is 0 Å². The highest BCUT2D eigenvalue weighted by atomic mass is 16.5.